The Labute approximate surface area is 113 Å². The first-order chi connectivity index (χ1) is 8.30. The van der Waals surface area contributed by atoms with Gasteiger partial charge < -0.3 is 15.5 Å². The molecule has 0 aliphatic carbocycles. The van der Waals surface area contributed by atoms with Crippen molar-refractivity contribution in [2.45, 2.75) is 18.9 Å². The van der Waals surface area contributed by atoms with E-state index in [4.69, 9.17) is 5.11 Å². The molecule has 0 bridgehead atoms. The number of carboxylic acid groups (broad SMARTS) is 1. The maximum absolute atomic E-state index is 11.7. The van der Waals surface area contributed by atoms with E-state index < -0.39 is 18.0 Å². The Hall–Kier alpha value is -1.40. The van der Waals surface area contributed by atoms with Gasteiger partial charge in [-0.15, -0.1) is 0 Å². The maximum atomic E-state index is 11.7. The van der Waals surface area contributed by atoms with Gasteiger partial charge in [-0.25, -0.2) is 0 Å². The van der Waals surface area contributed by atoms with E-state index in [0.717, 1.165) is 4.47 Å². The Bertz CT molecular complexity index is 459. The average molecular weight is 316 g/mol. The quantitative estimate of drug-likeness (QED) is 0.766. The molecule has 1 amide bonds. The molecule has 3 N–H and O–H groups in total. The summed E-state index contributed by atoms with van der Waals surface area (Å²) in [6.45, 7) is 1.24. The van der Waals surface area contributed by atoms with Crippen LogP contribution < -0.4 is 5.32 Å². The number of carboxylic acids is 1. The lowest BCUT2D eigenvalue weighted by Crippen LogP contribution is -2.42. The fourth-order valence-electron chi connectivity index (χ4n) is 1.39. The number of carbonyl (C=O) groups is 2. The Morgan fingerprint density at radius 2 is 2.11 bits per heavy atom. The first-order valence-electron chi connectivity index (χ1n) is 5.28. The van der Waals surface area contributed by atoms with Gasteiger partial charge >= 0.3 is 5.97 Å². The third kappa shape index (κ3) is 4.85. The molecule has 1 unspecified atom stereocenters. The van der Waals surface area contributed by atoms with E-state index in [9.17, 15) is 14.7 Å². The van der Waals surface area contributed by atoms with Crippen molar-refractivity contribution in [2.24, 2.45) is 0 Å². The summed E-state index contributed by atoms with van der Waals surface area (Å²) in [6, 6.07) is 6.78. The summed E-state index contributed by atoms with van der Waals surface area (Å²) in [5.41, 5.74) is -1.02. The molecule has 5 nitrogen and oxygen atoms in total. The molecule has 0 saturated carbocycles. The van der Waals surface area contributed by atoms with E-state index in [0.29, 0.717) is 5.56 Å². The lowest BCUT2D eigenvalue weighted by molar-refractivity contribution is -0.141. The third-order valence-electron chi connectivity index (χ3n) is 2.25. The van der Waals surface area contributed by atoms with Crippen LogP contribution in [-0.2, 0) is 4.79 Å². The minimum absolute atomic E-state index is 0.120. The van der Waals surface area contributed by atoms with E-state index in [2.05, 4.69) is 21.2 Å². The van der Waals surface area contributed by atoms with Gasteiger partial charge in [-0.3, -0.25) is 9.59 Å². The van der Waals surface area contributed by atoms with Crippen molar-refractivity contribution in [1.82, 2.24) is 5.32 Å². The standard InChI is InChI=1S/C12H14BrNO4/c1-12(18,6-10(15)16)7-14-11(17)8-3-2-4-9(13)5-8/h2-5,18H,6-7H2,1H3,(H,14,17)(H,15,16). The second kappa shape index (κ2) is 5.97. The number of halogens is 1. The molecule has 98 valence electrons. The van der Waals surface area contributed by atoms with E-state index in [1.807, 2.05) is 0 Å². The number of benzene rings is 1. The highest BCUT2D eigenvalue weighted by Gasteiger charge is 2.24. The molecule has 1 aromatic rings. The van der Waals surface area contributed by atoms with Crippen molar-refractivity contribution in [2.75, 3.05) is 6.54 Å². The number of nitrogens with one attached hydrogen (secondary N) is 1. The summed E-state index contributed by atoms with van der Waals surface area (Å²) in [6.07, 6.45) is -0.425. The van der Waals surface area contributed by atoms with Crippen molar-refractivity contribution in [1.29, 1.82) is 0 Å². The summed E-state index contributed by atoms with van der Waals surface area (Å²) in [5, 5.41) is 20.8. The third-order valence-corrected chi connectivity index (χ3v) is 2.74. The highest BCUT2D eigenvalue weighted by molar-refractivity contribution is 9.10. The van der Waals surface area contributed by atoms with Gasteiger partial charge in [0.05, 0.1) is 12.0 Å². The second-order valence-corrected chi connectivity index (χ2v) is 5.18. The van der Waals surface area contributed by atoms with Crippen molar-refractivity contribution < 1.29 is 19.8 Å². The van der Waals surface area contributed by atoms with E-state index >= 15 is 0 Å². The molecule has 0 aliphatic rings. The molecule has 0 fully saturated rings. The topological polar surface area (TPSA) is 86.6 Å². The molecule has 0 heterocycles. The Balaban J connectivity index is 2.58. The number of amides is 1. The molecule has 0 aromatic heterocycles. The molecule has 0 spiro atoms. The summed E-state index contributed by atoms with van der Waals surface area (Å²) < 4.78 is 0.771. The van der Waals surface area contributed by atoms with Gasteiger partial charge in [0.25, 0.3) is 5.91 Å². The van der Waals surface area contributed by atoms with Crippen molar-refractivity contribution in [3.63, 3.8) is 0 Å². The number of rotatable bonds is 5. The fraction of sp³-hybridized carbons (Fsp3) is 0.333. The van der Waals surface area contributed by atoms with Crippen LogP contribution in [0, 0.1) is 0 Å². The fourth-order valence-corrected chi connectivity index (χ4v) is 1.79. The van der Waals surface area contributed by atoms with Crippen LogP contribution in [0.3, 0.4) is 0 Å². The van der Waals surface area contributed by atoms with Crippen LogP contribution in [0.25, 0.3) is 0 Å². The van der Waals surface area contributed by atoms with Gasteiger partial charge in [0.15, 0.2) is 0 Å². The number of hydrogen-bond donors (Lipinski definition) is 3. The molecule has 0 aliphatic heterocycles. The summed E-state index contributed by atoms with van der Waals surface area (Å²) >= 11 is 3.25. The van der Waals surface area contributed by atoms with Gasteiger partial charge in [-0.2, -0.15) is 0 Å². The Kier molecular flexibility index (Phi) is 4.86. The Morgan fingerprint density at radius 1 is 1.44 bits per heavy atom. The number of aliphatic hydroxyl groups is 1. The van der Waals surface area contributed by atoms with E-state index in [-0.39, 0.29) is 12.5 Å². The monoisotopic (exact) mass is 315 g/mol. The predicted molar refractivity (Wildman–Crippen MR) is 69.4 cm³/mol. The summed E-state index contributed by atoms with van der Waals surface area (Å²) in [7, 11) is 0. The highest BCUT2D eigenvalue weighted by atomic mass is 79.9. The SMILES string of the molecule is CC(O)(CNC(=O)c1cccc(Br)c1)CC(=O)O. The van der Waals surface area contributed by atoms with Gasteiger partial charge in [0, 0.05) is 16.6 Å². The largest absolute Gasteiger partial charge is 0.481 e. The number of hydrogen-bond acceptors (Lipinski definition) is 3. The molecule has 6 heteroatoms. The predicted octanol–water partition coefficient (Wildman–Crippen LogP) is 1.40. The van der Waals surface area contributed by atoms with Crippen LogP contribution in [0.2, 0.25) is 0 Å². The zero-order valence-corrected chi connectivity index (χ0v) is 11.4. The molecule has 18 heavy (non-hydrogen) atoms. The lowest BCUT2D eigenvalue weighted by atomic mass is 10.0. The molecule has 1 atom stereocenters. The van der Waals surface area contributed by atoms with Crippen LogP contribution in [0.5, 0.6) is 0 Å². The molecular weight excluding hydrogens is 302 g/mol. The minimum Gasteiger partial charge on any atom is -0.481 e. The smallest absolute Gasteiger partial charge is 0.306 e. The first-order valence-corrected chi connectivity index (χ1v) is 6.07. The number of aliphatic carboxylic acids is 1. The molecule has 1 rings (SSSR count). The normalized spacial score (nSPS) is 13.7. The first kappa shape index (κ1) is 14.7. The van der Waals surface area contributed by atoms with Gasteiger partial charge in [0.1, 0.15) is 0 Å². The summed E-state index contributed by atoms with van der Waals surface area (Å²) in [5.74, 6) is -1.47. The Morgan fingerprint density at radius 3 is 2.67 bits per heavy atom. The van der Waals surface area contributed by atoms with Gasteiger partial charge in [0.2, 0.25) is 0 Å². The number of carbonyl (C=O) groups excluding carboxylic acids is 1. The zero-order valence-electron chi connectivity index (χ0n) is 9.81. The van der Waals surface area contributed by atoms with Crippen LogP contribution >= 0.6 is 15.9 Å². The van der Waals surface area contributed by atoms with E-state index in [1.54, 1.807) is 24.3 Å². The molecule has 0 radical (unpaired) electrons. The van der Waals surface area contributed by atoms with Crippen LogP contribution in [0.1, 0.15) is 23.7 Å². The van der Waals surface area contributed by atoms with Crippen LogP contribution in [-0.4, -0.2) is 34.2 Å². The summed E-state index contributed by atoms with van der Waals surface area (Å²) in [4.78, 5) is 22.2. The minimum atomic E-state index is -1.46. The maximum Gasteiger partial charge on any atom is 0.306 e. The van der Waals surface area contributed by atoms with Crippen molar-refractivity contribution in [3.8, 4) is 0 Å². The van der Waals surface area contributed by atoms with Crippen molar-refractivity contribution in [3.05, 3.63) is 34.3 Å². The van der Waals surface area contributed by atoms with Crippen LogP contribution in [0.4, 0.5) is 0 Å². The van der Waals surface area contributed by atoms with Crippen LogP contribution in [0.15, 0.2) is 28.7 Å². The molecular formula is C12H14BrNO4. The average Bonchev–Trinajstić information content (AvgIpc) is 2.24. The second-order valence-electron chi connectivity index (χ2n) is 4.26. The van der Waals surface area contributed by atoms with E-state index in [1.165, 1.54) is 6.92 Å². The van der Waals surface area contributed by atoms with Crippen molar-refractivity contribution >= 4 is 27.8 Å². The van der Waals surface area contributed by atoms with Gasteiger partial charge in [-0.05, 0) is 25.1 Å². The molecule has 0 saturated heterocycles. The molecule has 1 aromatic carbocycles. The van der Waals surface area contributed by atoms with Gasteiger partial charge in [-0.1, -0.05) is 22.0 Å². The lowest BCUT2D eigenvalue weighted by Gasteiger charge is -2.21. The zero-order chi connectivity index (χ0) is 13.8. The highest BCUT2D eigenvalue weighted by Crippen LogP contribution is 2.12.